The molecule has 0 aromatic heterocycles. The van der Waals surface area contributed by atoms with E-state index in [0.29, 0.717) is 6.42 Å². The van der Waals surface area contributed by atoms with Crippen molar-refractivity contribution in [1.82, 2.24) is 10.6 Å². The quantitative estimate of drug-likeness (QED) is 0.826. The highest BCUT2D eigenvalue weighted by atomic mass is 16.2. The highest BCUT2D eigenvalue weighted by molar-refractivity contribution is 5.74. The van der Waals surface area contributed by atoms with Crippen molar-refractivity contribution in [3.05, 3.63) is 0 Å². The predicted octanol–water partition coefficient (Wildman–Crippen LogP) is 3.26. The molecule has 0 saturated carbocycles. The van der Waals surface area contributed by atoms with E-state index in [1.807, 2.05) is 55.4 Å². The largest absolute Gasteiger partial charge is 0.351 e. The van der Waals surface area contributed by atoms with Crippen LogP contribution in [-0.4, -0.2) is 22.9 Å². The molecule has 116 valence electrons. The van der Waals surface area contributed by atoms with E-state index < -0.39 is 0 Å². The maximum absolute atomic E-state index is 11.0. The van der Waals surface area contributed by atoms with Crippen molar-refractivity contribution in [2.24, 2.45) is 0 Å². The molecule has 2 amide bonds. The first-order valence-electron chi connectivity index (χ1n) is 7.12. The lowest BCUT2D eigenvalue weighted by Crippen LogP contribution is -2.52. The molecule has 0 spiro atoms. The smallest absolute Gasteiger partial charge is 0.217 e. The Morgan fingerprint density at radius 1 is 0.737 bits per heavy atom. The molecule has 19 heavy (non-hydrogen) atoms. The number of hydrogen-bond acceptors (Lipinski definition) is 2. The Hall–Kier alpha value is -1.06. The molecule has 0 heterocycles. The van der Waals surface area contributed by atoms with Gasteiger partial charge >= 0.3 is 0 Å². The average Bonchev–Trinajstić information content (AvgIpc) is 2.17. The second kappa shape index (κ2) is 10.8. The second-order valence-electron chi connectivity index (χ2n) is 5.31. The summed E-state index contributed by atoms with van der Waals surface area (Å²) in [7, 11) is 0. The van der Waals surface area contributed by atoms with Gasteiger partial charge in [0.15, 0.2) is 0 Å². The van der Waals surface area contributed by atoms with Gasteiger partial charge in [0.05, 0.1) is 0 Å². The molecular formula is C15H34N2O2. The van der Waals surface area contributed by atoms with Crippen LogP contribution in [0, 0.1) is 0 Å². The molecule has 4 heteroatoms. The molecule has 0 rings (SSSR count). The average molecular weight is 274 g/mol. The molecule has 2 N–H and O–H groups in total. The van der Waals surface area contributed by atoms with E-state index in [1.165, 1.54) is 13.8 Å². The third-order valence-corrected chi connectivity index (χ3v) is 1.91. The minimum absolute atomic E-state index is 0.0568. The van der Waals surface area contributed by atoms with Gasteiger partial charge in [-0.15, -0.1) is 0 Å². The van der Waals surface area contributed by atoms with Gasteiger partial charge in [0.1, 0.15) is 0 Å². The van der Waals surface area contributed by atoms with Crippen molar-refractivity contribution in [2.45, 2.75) is 86.7 Å². The lowest BCUT2D eigenvalue weighted by molar-refractivity contribution is -0.121. The summed E-state index contributed by atoms with van der Waals surface area (Å²) in [5, 5.41) is 5.72. The van der Waals surface area contributed by atoms with E-state index in [9.17, 15) is 9.59 Å². The van der Waals surface area contributed by atoms with Gasteiger partial charge in [0.2, 0.25) is 11.8 Å². The van der Waals surface area contributed by atoms with Crippen molar-refractivity contribution >= 4 is 11.8 Å². The summed E-state index contributed by atoms with van der Waals surface area (Å²) in [4.78, 5) is 21.9. The van der Waals surface area contributed by atoms with Crippen molar-refractivity contribution in [3.8, 4) is 0 Å². The van der Waals surface area contributed by atoms with Crippen LogP contribution in [0.3, 0.4) is 0 Å². The maximum atomic E-state index is 11.0. The molecule has 0 bridgehead atoms. The van der Waals surface area contributed by atoms with E-state index in [-0.39, 0.29) is 22.9 Å². The zero-order chi connectivity index (χ0) is 16.3. The van der Waals surface area contributed by atoms with Gasteiger partial charge in [0.25, 0.3) is 0 Å². The monoisotopic (exact) mass is 274 g/mol. The minimum Gasteiger partial charge on any atom is -0.351 e. The first-order valence-corrected chi connectivity index (χ1v) is 7.12. The van der Waals surface area contributed by atoms with Gasteiger partial charge in [-0.3, -0.25) is 9.59 Å². The Balaban J connectivity index is -0.000000579. The summed E-state index contributed by atoms with van der Waals surface area (Å²) in [6.07, 6.45) is 0.680. The molecule has 0 aromatic carbocycles. The first-order chi connectivity index (χ1) is 8.54. The van der Waals surface area contributed by atoms with Crippen LogP contribution >= 0.6 is 0 Å². The van der Waals surface area contributed by atoms with Crippen LogP contribution < -0.4 is 10.6 Å². The fourth-order valence-corrected chi connectivity index (χ4v) is 2.15. The van der Waals surface area contributed by atoms with Gasteiger partial charge in [0, 0.05) is 24.9 Å². The Labute approximate surface area is 119 Å². The molecule has 0 unspecified atom stereocenters. The summed E-state index contributed by atoms with van der Waals surface area (Å²) in [5.74, 6) is -0.114. The zero-order valence-corrected chi connectivity index (χ0v) is 14.5. The van der Waals surface area contributed by atoms with Crippen molar-refractivity contribution in [2.75, 3.05) is 0 Å². The standard InChI is InChI=1S/C11H22N2O2.2C2H6/c1-8(14)12-10(3,4)7-11(5,6)13-9(2)15;2*1-2/h7H2,1-6H3,(H,12,14)(H,13,15);2*1-2H3. The van der Waals surface area contributed by atoms with Gasteiger partial charge in [-0.25, -0.2) is 0 Å². The summed E-state index contributed by atoms with van der Waals surface area (Å²) < 4.78 is 0. The maximum Gasteiger partial charge on any atom is 0.217 e. The lowest BCUT2D eigenvalue weighted by Gasteiger charge is -2.35. The molecule has 0 aromatic rings. The summed E-state index contributed by atoms with van der Waals surface area (Å²) >= 11 is 0. The normalized spacial score (nSPS) is 10.2. The fourth-order valence-electron chi connectivity index (χ4n) is 2.15. The Bertz CT molecular complexity index is 233. The molecule has 0 saturated heterocycles. The molecule has 0 aliphatic heterocycles. The summed E-state index contributed by atoms with van der Waals surface area (Å²) in [5.41, 5.74) is -0.643. The third-order valence-electron chi connectivity index (χ3n) is 1.91. The van der Waals surface area contributed by atoms with Gasteiger partial charge in [-0.05, 0) is 34.1 Å². The van der Waals surface area contributed by atoms with E-state index in [4.69, 9.17) is 0 Å². The van der Waals surface area contributed by atoms with Crippen LogP contribution in [0.1, 0.15) is 75.7 Å². The molecule has 4 nitrogen and oxygen atoms in total. The minimum atomic E-state index is -0.322. The second-order valence-corrected chi connectivity index (χ2v) is 5.31. The number of carbonyl (C=O) groups excluding carboxylic acids is 2. The fraction of sp³-hybridized carbons (Fsp3) is 0.867. The zero-order valence-electron chi connectivity index (χ0n) is 14.5. The number of amides is 2. The van der Waals surface area contributed by atoms with Crippen LogP contribution in [0.25, 0.3) is 0 Å². The van der Waals surface area contributed by atoms with E-state index >= 15 is 0 Å². The first kappa shape index (κ1) is 23.1. The van der Waals surface area contributed by atoms with Crippen LogP contribution in [0.2, 0.25) is 0 Å². The highest BCUT2D eigenvalue weighted by Gasteiger charge is 2.29. The molecule has 0 aliphatic rings. The molecule has 0 radical (unpaired) electrons. The van der Waals surface area contributed by atoms with Crippen LogP contribution in [-0.2, 0) is 9.59 Å². The van der Waals surface area contributed by atoms with Crippen molar-refractivity contribution in [3.63, 3.8) is 0 Å². The van der Waals surface area contributed by atoms with E-state index in [1.54, 1.807) is 0 Å². The number of nitrogens with one attached hydrogen (secondary N) is 2. The van der Waals surface area contributed by atoms with E-state index in [2.05, 4.69) is 10.6 Å². The molecule has 0 atom stereocenters. The highest BCUT2D eigenvalue weighted by Crippen LogP contribution is 2.19. The number of rotatable bonds is 4. The molecule has 0 fully saturated rings. The van der Waals surface area contributed by atoms with E-state index in [0.717, 1.165) is 0 Å². The Kier molecular flexibility index (Phi) is 13.1. The van der Waals surface area contributed by atoms with Crippen molar-refractivity contribution < 1.29 is 9.59 Å². The van der Waals surface area contributed by atoms with Crippen LogP contribution in [0.4, 0.5) is 0 Å². The van der Waals surface area contributed by atoms with Crippen LogP contribution in [0.5, 0.6) is 0 Å². The number of hydrogen-bond donors (Lipinski definition) is 2. The van der Waals surface area contributed by atoms with Gasteiger partial charge < -0.3 is 10.6 Å². The Morgan fingerprint density at radius 2 is 0.947 bits per heavy atom. The SMILES string of the molecule is CC.CC.CC(=O)NC(C)(C)CC(C)(C)NC(C)=O. The molecule has 0 aliphatic carbocycles. The Morgan fingerprint density at radius 3 is 1.11 bits per heavy atom. The molecular weight excluding hydrogens is 240 g/mol. The van der Waals surface area contributed by atoms with Crippen LogP contribution in [0.15, 0.2) is 0 Å². The predicted molar refractivity (Wildman–Crippen MR) is 83.1 cm³/mol. The lowest BCUT2D eigenvalue weighted by atomic mass is 9.87. The van der Waals surface area contributed by atoms with Gasteiger partial charge in [-0.2, -0.15) is 0 Å². The van der Waals surface area contributed by atoms with Crippen molar-refractivity contribution in [1.29, 1.82) is 0 Å². The summed E-state index contributed by atoms with van der Waals surface area (Å²) in [6, 6.07) is 0. The third kappa shape index (κ3) is 16.9. The summed E-state index contributed by atoms with van der Waals surface area (Å²) in [6.45, 7) is 18.8. The number of carbonyl (C=O) groups is 2. The van der Waals surface area contributed by atoms with Gasteiger partial charge in [-0.1, -0.05) is 27.7 Å². The topological polar surface area (TPSA) is 58.2 Å².